The number of nitriles is 1. The van der Waals surface area contributed by atoms with Crippen LogP contribution in [0.2, 0.25) is 0 Å². The van der Waals surface area contributed by atoms with Crippen LogP contribution >= 0.6 is 15.9 Å². The van der Waals surface area contributed by atoms with Gasteiger partial charge in [0.1, 0.15) is 11.7 Å². The number of Topliss-reactive ketones (excluding diaryl/α,β-unsaturated/α-hetero) is 1. The maximum atomic E-state index is 11.9. The van der Waals surface area contributed by atoms with Crippen LogP contribution < -0.4 is 0 Å². The van der Waals surface area contributed by atoms with Crippen LogP contribution in [-0.4, -0.2) is 18.9 Å². The molecule has 1 fully saturated rings. The molecule has 1 aromatic carbocycles. The molecule has 0 radical (unpaired) electrons. The van der Waals surface area contributed by atoms with Crippen molar-refractivity contribution in [3.05, 3.63) is 34.3 Å². The zero-order chi connectivity index (χ0) is 14.8. The Morgan fingerprint density at radius 1 is 1.45 bits per heavy atom. The molecule has 1 aliphatic rings. The average molecular weight is 336 g/mol. The summed E-state index contributed by atoms with van der Waals surface area (Å²) in [5, 5.41) is 9.60. The zero-order valence-electron chi connectivity index (χ0n) is 11.1. The van der Waals surface area contributed by atoms with Crippen molar-refractivity contribution < 1.29 is 14.3 Å². The van der Waals surface area contributed by atoms with Crippen LogP contribution in [0.15, 0.2) is 28.7 Å². The Bertz CT molecular complexity index is 568. The first-order chi connectivity index (χ1) is 9.52. The van der Waals surface area contributed by atoms with Crippen molar-refractivity contribution in [3.63, 3.8) is 0 Å². The number of hydrogen-bond donors (Lipinski definition) is 0. The molecule has 1 aliphatic carbocycles. The number of halogens is 1. The number of rotatable bonds is 2. The molecule has 5 heteroatoms. The molecule has 0 spiro atoms. The number of esters is 1. The van der Waals surface area contributed by atoms with E-state index in [0.29, 0.717) is 6.42 Å². The van der Waals surface area contributed by atoms with E-state index in [4.69, 9.17) is 0 Å². The second-order valence-corrected chi connectivity index (χ2v) is 5.86. The van der Waals surface area contributed by atoms with Gasteiger partial charge < -0.3 is 4.74 Å². The number of benzene rings is 1. The summed E-state index contributed by atoms with van der Waals surface area (Å²) in [6, 6.07) is 9.74. The summed E-state index contributed by atoms with van der Waals surface area (Å²) in [6.45, 7) is 0. The second kappa shape index (κ2) is 5.76. The fourth-order valence-corrected chi connectivity index (χ4v) is 2.89. The molecule has 0 heterocycles. The van der Waals surface area contributed by atoms with Gasteiger partial charge in [0.15, 0.2) is 0 Å². The molecule has 0 aromatic heterocycles. The van der Waals surface area contributed by atoms with Crippen molar-refractivity contribution in [2.45, 2.75) is 24.7 Å². The molecule has 104 valence electrons. The van der Waals surface area contributed by atoms with Crippen molar-refractivity contribution in [3.8, 4) is 6.07 Å². The van der Waals surface area contributed by atoms with Gasteiger partial charge in [0.25, 0.3) is 0 Å². The highest BCUT2D eigenvalue weighted by atomic mass is 79.9. The van der Waals surface area contributed by atoms with Gasteiger partial charge in [-0.1, -0.05) is 28.1 Å². The predicted molar refractivity (Wildman–Crippen MR) is 75.8 cm³/mol. The minimum atomic E-state index is -0.836. The number of carbonyl (C=O) groups excluding carboxylic acids is 2. The van der Waals surface area contributed by atoms with Gasteiger partial charge in [0.05, 0.1) is 18.6 Å². The fraction of sp³-hybridized carbons (Fsp3) is 0.400. The molecule has 0 N–H and O–H groups in total. The van der Waals surface area contributed by atoms with Crippen LogP contribution in [0, 0.1) is 17.2 Å². The monoisotopic (exact) mass is 335 g/mol. The minimum Gasteiger partial charge on any atom is -0.468 e. The first kappa shape index (κ1) is 14.7. The van der Waals surface area contributed by atoms with E-state index in [-0.39, 0.29) is 18.6 Å². The lowest BCUT2D eigenvalue weighted by Crippen LogP contribution is -2.40. The van der Waals surface area contributed by atoms with Gasteiger partial charge in [-0.25, -0.2) is 0 Å². The van der Waals surface area contributed by atoms with Crippen LogP contribution in [0.5, 0.6) is 0 Å². The molecule has 0 unspecified atom stereocenters. The Morgan fingerprint density at radius 2 is 2.10 bits per heavy atom. The molecule has 4 nitrogen and oxygen atoms in total. The molecule has 1 aromatic rings. The summed E-state index contributed by atoms with van der Waals surface area (Å²) in [5.41, 5.74) is 0.0394. The van der Waals surface area contributed by atoms with Crippen LogP contribution in [0.1, 0.15) is 24.8 Å². The standard InChI is InChI=1S/C15H14BrNO3/c1-20-14(19)12-8-15(9-17,7-6-13(12)18)10-2-4-11(16)5-3-10/h2-5,12H,6-8H2,1H3/t12-,15-/m1/s1. The third kappa shape index (κ3) is 2.61. The lowest BCUT2D eigenvalue weighted by atomic mass is 9.66. The van der Waals surface area contributed by atoms with Gasteiger partial charge in [-0.3, -0.25) is 9.59 Å². The van der Waals surface area contributed by atoms with Gasteiger partial charge in [-0.2, -0.15) is 5.26 Å². The highest BCUT2D eigenvalue weighted by Crippen LogP contribution is 2.41. The number of ketones is 1. The third-order valence-electron chi connectivity index (χ3n) is 3.84. The van der Waals surface area contributed by atoms with Gasteiger partial charge in [-0.05, 0) is 30.5 Å². The van der Waals surface area contributed by atoms with Gasteiger partial charge in [0, 0.05) is 10.9 Å². The molecule has 1 saturated carbocycles. The van der Waals surface area contributed by atoms with E-state index in [9.17, 15) is 14.9 Å². The molecular weight excluding hydrogens is 322 g/mol. The summed E-state index contributed by atoms with van der Waals surface area (Å²) >= 11 is 3.35. The molecule has 20 heavy (non-hydrogen) atoms. The SMILES string of the molecule is COC(=O)[C@@H]1C[C@](C#N)(c2ccc(Br)cc2)CCC1=O. The van der Waals surface area contributed by atoms with Crippen LogP contribution in [0.3, 0.4) is 0 Å². The number of hydrogen-bond acceptors (Lipinski definition) is 4. The maximum Gasteiger partial charge on any atom is 0.316 e. The molecule has 2 rings (SSSR count). The summed E-state index contributed by atoms with van der Waals surface area (Å²) in [4.78, 5) is 23.6. The van der Waals surface area contributed by atoms with E-state index in [1.165, 1.54) is 7.11 Å². The number of nitrogens with zero attached hydrogens (tertiary/aromatic N) is 1. The van der Waals surface area contributed by atoms with Crippen LogP contribution in [-0.2, 0) is 19.7 Å². The second-order valence-electron chi connectivity index (χ2n) is 4.95. The van der Waals surface area contributed by atoms with Crippen molar-refractivity contribution in [1.82, 2.24) is 0 Å². The quantitative estimate of drug-likeness (QED) is 0.615. The van der Waals surface area contributed by atoms with E-state index in [0.717, 1.165) is 10.0 Å². The van der Waals surface area contributed by atoms with Crippen molar-refractivity contribution >= 4 is 27.7 Å². The van der Waals surface area contributed by atoms with Gasteiger partial charge in [-0.15, -0.1) is 0 Å². The number of methoxy groups -OCH3 is 1. The highest BCUT2D eigenvalue weighted by Gasteiger charge is 2.45. The average Bonchev–Trinajstić information content (AvgIpc) is 2.48. The Labute approximate surface area is 125 Å². The predicted octanol–water partition coefficient (Wildman–Crippen LogP) is 2.75. The number of carbonyl (C=O) groups is 2. The minimum absolute atomic E-state index is 0.139. The van der Waals surface area contributed by atoms with E-state index in [1.807, 2.05) is 24.3 Å². The maximum absolute atomic E-state index is 11.9. The fourth-order valence-electron chi connectivity index (χ4n) is 2.63. The lowest BCUT2D eigenvalue weighted by Gasteiger charge is -2.34. The first-order valence-electron chi connectivity index (χ1n) is 6.30. The largest absolute Gasteiger partial charge is 0.468 e. The van der Waals surface area contributed by atoms with Crippen molar-refractivity contribution in [2.24, 2.45) is 5.92 Å². The Hall–Kier alpha value is -1.67. The smallest absolute Gasteiger partial charge is 0.316 e. The molecule has 0 bridgehead atoms. The Kier molecular flexibility index (Phi) is 4.24. The highest BCUT2D eigenvalue weighted by molar-refractivity contribution is 9.10. The van der Waals surface area contributed by atoms with Gasteiger partial charge >= 0.3 is 5.97 Å². The van der Waals surface area contributed by atoms with Crippen LogP contribution in [0.25, 0.3) is 0 Å². The zero-order valence-corrected chi connectivity index (χ0v) is 12.6. The van der Waals surface area contributed by atoms with E-state index in [2.05, 4.69) is 26.7 Å². The molecular formula is C15H14BrNO3. The Morgan fingerprint density at radius 3 is 2.65 bits per heavy atom. The summed E-state index contributed by atoms with van der Waals surface area (Å²) < 4.78 is 5.60. The molecule has 0 saturated heterocycles. The molecule has 0 aliphatic heterocycles. The van der Waals surface area contributed by atoms with Gasteiger partial charge in [0.2, 0.25) is 0 Å². The molecule has 2 atom stereocenters. The van der Waals surface area contributed by atoms with Crippen LogP contribution in [0.4, 0.5) is 0 Å². The summed E-state index contributed by atoms with van der Waals surface area (Å²) in [6.07, 6.45) is 0.859. The topological polar surface area (TPSA) is 67.2 Å². The van der Waals surface area contributed by atoms with E-state index in [1.54, 1.807) is 0 Å². The third-order valence-corrected chi connectivity index (χ3v) is 4.36. The summed E-state index contributed by atoms with van der Waals surface area (Å²) in [5.74, 6) is -1.52. The Balaban J connectivity index is 2.36. The first-order valence-corrected chi connectivity index (χ1v) is 7.09. The molecule has 0 amide bonds. The van der Waals surface area contributed by atoms with Crippen molar-refractivity contribution in [2.75, 3.05) is 7.11 Å². The lowest BCUT2D eigenvalue weighted by molar-refractivity contribution is -0.151. The summed E-state index contributed by atoms with van der Waals surface area (Å²) in [7, 11) is 1.26. The van der Waals surface area contributed by atoms with E-state index >= 15 is 0 Å². The number of ether oxygens (including phenoxy) is 1. The normalized spacial score (nSPS) is 25.9. The van der Waals surface area contributed by atoms with E-state index < -0.39 is 17.3 Å². The van der Waals surface area contributed by atoms with Crippen molar-refractivity contribution in [1.29, 1.82) is 5.26 Å².